The normalized spacial score (nSPS) is 23.8. The van der Waals surface area contributed by atoms with Crippen molar-refractivity contribution in [2.45, 2.75) is 38.7 Å². The molecule has 3 nitrogen and oxygen atoms in total. The first-order valence-electron chi connectivity index (χ1n) is 4.10. The second kappa shape index (κ2) is 3.35. The fourth-order valence-electron chi connectivity index (χ4n) is 0.986. The predicted molar refractivity (Wildman–Crippen MR) is 52.1 cm³/mol. The van der Waals surface area contributed by atoms with E-state index >= 15 is 0 Å². The molecular formula is C9H14O3S. The number of esters is 1. The van der Waals surface area contributed by atoms with Crippen LogP contribution in [0.5, 0.6) is 0 Å². The number of rotatable bonds is 1. The number of carbonyl (C=O) groups is 1. The Kier molecular flexibility index (Phi) is 2.73. The summed E-state index contributed by atoms with van der Waals surface area (Å²) in [5, 5.41) is 9.37. The largest absolute Gasteiger partial charge is 0.427 e. The minimum atomic E-state index is -1.06. The molecule has 0 spiro atoms. The van der Waals surface area contributed by atoms with E-state index in [1.807, 2.05) is 20.8 Å². The van der Waals surface area contributed by atoms with Gasteiger partial charge < -0.3 is 9.84 Å². The number of aliphatic hydroxyl groups excluding tert-OH is 1. The molecule has 0 aromatic heterocycles. The van der Waals surface area contributed by atoms with Gasteiger partial charge in [0.05, 0.1) is 4.91 Å². The van der Waals surface area contributed by atoms with Crippen molar-refractivity contribution in [3.8, 4) is 0 Å². The number of hydrogen-bond donors (Lipinski definition) is 1. The summed E-state index contributed by atoms with van der Waals surface area (Å²) in [6.07, 6.45) is -1.06. The molecule has 1 unspecified atom stereocenters. The standard InChI is InChI=1S/C9H14O3S/c1-5-6(13-9(2,3)4)8(11)12-7(5)10/h8,11H,1-4H3. The average molecular weight is 202 g/mol. The maximum absolute atomic E-state index is 11.0. The van der Waals surface area contributed by atoms with Gasteiger partial charge in [-0.3, -0.25) is 0 Å². The fourth-order valence-corrected chi connectivity index (χ4v) is 2.03. The van der Waals surface area contributed by atoms with Gasteiger partial charge in [0.1, 0.15) is 0 Å². The molecule has 1 heterocycles. The van der Waals surface area contributed by atoms with Gasteiger partial charge in [0.2, 0.25) is 6.29 Å². The van der Waals surface area contributed by atoms with Crippen LogP contribution in [0.15, 0.2) is 10.5 Å². The third kappa shape index (κ3) is 2.48. The highest BCUT2D eigenvalue weighted by Crippen LogP contribution is 2.38. The van der Waals surface area contributed by atoms with Crippen LogP contribution in [0.2, 0.25) is 0 Å². The van der Waals surface area contributed by atoms with Crippen molar-refractivity contribution in [3.05, 3.63) is 10.5 Å². The lowest BCUT2D eigenvalue weighted by Crippen LogP contribution is -2.14. The molecule has 1 rings (SSSR count). The highest BCUT2D eigenvalue weighted by molar-refractivity contribution is 8.04. The zero-order valence-corrected chi connectivity index (χ0v) is 9.07. The lowest BCUT2D eigenvalue weighted by molar-refractivity contribution is -0.151. The third-order valence-corrected chi connectivity index (χ3v) is 2.87. The molecule has 1 aliphatic heterocycles. The number of hydrogen-bond acceptors (Lipinski definition) is 4. The predicted octanol–water partition coefficient (Wildman–Crippen LogP) is 1.67. The highest BCUT2D eigenvalue weighted by Gasteiger charge is 2.32. The molecule has 0 aromatic carbocycles. The lowest BCUT2D eigenvalue weighted by atomic mass is 10.3. The van der Waals surface area contributed by atoms with E-state index in [0.29, 0.717) is 10.5 Å². The van der Waals surface area contributed by atoms with Crippen molar-refractivity contribution in [2.75, 3.05) is 0 Å². The molecule has 0 saturated heterocycles. The van der Waals surface area contributed by atoms with Crippen LogP contribution in [0.3, 0.4) is 0 Å². The van der Waals surface area contributed by atoms with Crippen LogP contribution in [0.25, 0.3) is 0 Å². The van der Waals surface area contributed by atoms with Crippen LogP contribution in [0.4, 0.5) is 0 Å². The van der Waals surface area contributed by atoms with Gasteiger partial charge in [-0.15, -0.1) is 11.8 Å². The fraction of sp³-hybridized carbons (Fsp3) is 0.667. The topological polar surface area (TPSA) is 46.5 Å². The van der Waals surface area contributed by atoms with Crippen LogP contribution in [-0.2, 0) is 9.53 Å². The number of ether oxygens (including phenoxy) is 1. The highest BCUT2D eigenvalue weighted by atomic mass is 32.2. The zero-order valence-electron chi connectivity index (χ0n) is 8.25. The van der Waals surface area contributed by atoms with Gasteiger partial charge in [-0.1, -0.05) is 20.8 Å². The molecule has 1 atom stereocenters. The summed E-state index contributed by atoms with van der Waals surface area (Å²) >= 11 is 1.47. The van der Waals surface area contributed by atoms with Crippen molar-refractivity contribution in [1.82, 2.24) is 0 Å². The monoisotopic (exact) mass is 202 g/mol. The molecule has 74 valence electrons. The average Bonchev–Trinajstić information content (AvgIpc) is 2.14. The molecule has 0 aliphatic carbocycles. The Labute approximate surface area is 82.2 Å². The van der Waals surface area contributed by atoms with Crippen LogP contribution < -0.4 is 0 Å². The summed E-state index contributed by atoms with van der Waals surface area (Å²) in [7, 11) is 0. The quantitative estimate of drug-likeness (QED) is 0.657. The molecule has 0 radical (unpaired) electrons. The number of cyclic esters (lactones) is 1. The Bertz CT molecular complexity index is 263. The summed E-state index contributed by atoms with van der Waals surface area (Å²) in [6, 6.07) is 0. The van der Waals surface area contributed by atoms with E-state index in [1.165, 1.54) is 11.8 Å². The Morgan fingerprint density at radius 2 is 2.00 bits per heavy atom. The summed E-state index contributed by atoms with van der Waals surface area (Å²) in [5.74, 6) is -0.417. The minimum Gasteiger partial charge on any atom is -0.427 e. The Hall–Kier alpha value is -0.480. The van der Waals surface area contributed by atoms with Gasteiger partial charge in [0, 0.05) is 10.3 Å². The Balaban J connectivity index is 2.84. The second-order valence-corrected chi connectivity index (χ2v) is 5.83. The summed E-state index contributed by atoms with van der Waals surface area (Å²) < 4.78 is 4.63. The number of aliphatic hydroxyl groups is 1. The van der Waals surface area contributed by atoms with Gasteiger partial charge in [0.15, 0.2) is 0 Å². The SMILES string of the molecule is CC1=C(SC(C)(C)C)C(O)OC1=O. The van der Waals surface area contributed by atoms with Crippen LogP contribution in [0.1, 0.15) is 27.7 Å². The van der Waals surface area contributed by atoms with Crippen molar-refractivity contribution >= 4 is 17.7 Å². The van der Waals surface area contributed by atoms with E-state index in [0.717, 1.165) is 0 Å². The summed E-state index contributed by atoms with van der Waals surface area (Å²) in [5.41, 5.74) is 0.521. The molecular weight excluding hydrogens is 188 g/mol. The van der Waals surface area contributed by atoms with Gasteiger partial charge in [0.25, 0.3) is 0 Å². The third-order valence-electron chi connectivity index (χ3n) is 1.53. The van der Waals surface area contributed by atoms with E-state index in [1.54, 1.807) is 6.92 Å². The molecule has 0 amide bonds. The Morgan fingerprint density at radius 3 is 2.31 bits per heavy atom. The van der Waals surface area contributed by atoms with Gasteiger partial charge in [-0.25, -0.2) is 4.79 Å². The van der Waals surface area contributed by atoms with Crippen molar-refractivity contribution < 1.29 is 14.6 Å². The smallest absolute Gasteiger partial charge is 0.337 e. The van der Waals surface area contributed by atoms with E-state index in [2.05, 4.69) is 4.74 Å². The number of carbonyl (C=O) groups excluding carboxylic acids is 1. The molecule has 0 saturated carbocycles. The Morgan fingerprint density at radius 1 is 1.46 bits per heavy atom. The van der Waals surface area contributed by atoms with E-state index in [4.69, 9.17) is 0 Å². The van der Waals surface area contributed by atoms with Crippen LogP contribution in [-0.4, -0.2) is 22.1 Å². The molecule has 1 N–H and O–H groups in total. The maximum atomic E-state index is 11.0. The molecule has 1 aliphatic rings. The van der Waals surface area contributed by atoms with Gasteiger partial charge in [-0.2, -0.15) is 0 Å². The maximum Gasteiger partial charge on any atom is 0.337 e. The first-order chi connectivity index (χ1) is 5.81. The summed E-state index contributed by atoms with van der Waals surface area (Å²) in [4.78, 5) is 11.7. The molecule has 0 bridgehead atoms. The molecule has 13 heavy (non-hydrogen) atoms. The van der Waals surface area contributed by atoms with Crippen molar-refractivity contribution in [1.29, 1.82) is 0 Å². The van der Waals surface area contributed by atoms with Gasteiger partial charge in [-0.05, 0) is 6.92 Å². The molecule has 4 heteroatoms. The molecule has 0 aromatic rings. The number of thioether (sulfide) groups is 1. The van der Waals surface area contributed by atoms with Crippen molar-refractivity contribution in [2.24, 2.45) is 0 Å². The van der Waals surface area contributed by atoms with Gasteiger partial charge >= 0.3 is 5.97 Å². The van der Waals surface area contributed by atoms with E-state index < -0.39 is 12.3 Å². The lowest BCUT2D eigenvalue weighted by Gasteiger charge is -2.19. The van der Waals surface area contributed by atoms with Crippen molar-refractivity contribution in [3.63, 3.8) is 0 Å². The zero-order chi connectivity index (χ0) is 10.2. The first-order valence-corrected chi connectivity index (χ1v) is 4.92. The summed E-state index contributed by atoms with van der Waals surface area (Å²) in [6.45, 7) is 7.74. The molecule has 0 fully saturated rings. The minimum absolute atomic E-state index is 0.0223. The second-order valence-electron chi connectivity index (χ2n) is 3.96. The van der Waals surface area contributed by atoms with E-state index in [-0.39, 0.29) is 4.75 Å². The first kappa shape index (κ1) is 10.6. The van der Waals surface area contributed by atoms with Crippen LogP contribution in [0, 0.1) is 0 Å². The van der Waals surface area contributed by atoms with E-state index in [9.17, 15) is 9.90 Å². The van der Waals surface area contributed by atoms with Crippen LogP contribution >= 0.6 is 11.8 Å².